The van der Waals surface area contributed by atoms with Crippen molar-refractivity contribution in [3.63, 3.8) is 0 Å². The van der Waals surface area contributed by atoms with Crippen molar-refractivity contribution in [2.45, 2.75) is 71.4 Å². The smallest absolute Gasteiger partial charge is 0.328 e. The highest BCUT2D eigenvalue weighted by molar-refractivity contribution is 5.89. The number of carboxylic acid groups (broad SMARTS) is 2. The van der Waals surface area contributed by atoms with Gasteiger partial charge in [0.15, 0.2) is 0 Å². The molecule has 1 fully saturated rings. The van der Waals surface area contributed by atoms with Crippen molar-refractivity contribution in [2.75, 3.05) is 26.3 Å². The van der Waals surface area contributed by atoms with Crippen molar-refractivity contribution in [2.24, 2.45) is 0 Å². The Morgan fingerprint density at radius 3 is 2.17 bits per heavy atom. The first kappa shape index (κ1) is 31.0. The molecule has 40 heavy (non-hydrogen) atoms. The summed E-state index contributed by atoms with van der Waals surface area (Å²) in [7, 11) is 0. The van der Waals surface area contributed by atoms with Crippen LogP contribution in [0.1, 0.15) is 76.4 Å². The topological polar surface area (TPSA) is 105 Å². The Hall–Kier alpha value is -3.49. The second-order valence-corrected chi connectivity index (χ2v) is 11.3. The van der Waals surface area contributed by atoms with Crippen molar-refractivity contribution in [1.82, 2.24) is 14.5 Å². The number of aliphatic carboxylic acids is 2. The average molecular weight is 550 g/mol. The summed E-state index contributed by atoms with van der Waals surface area (Å²) in [6.45, 7) is 15.9. The molecule has 3 aromatic rings. The summed E-state index contributed by atoms with van der Waals surface area (Å²) >= 11 is 0. The monoisotopic (exact) mass is 549 g/mol. The Morgan fingerprint density at radius 1 is 1.02 bits per heavy atom. The zero-order valence-corrected chi connectivity index (χ0v) is 24.3. The highest BCUT2D eigenvalue weighted by Crippen LogP contribution is 2.33. The van der Waals surface area contributed by atoms with E-state index in [2.05, 4.69) is 92.6 Å². The summed E-state index contributed by atoms with van der Waals surface area (Å²) in [4.78, 5) is 26.8. The van der Waals surface area contributed by atoms with E-state index in [1.807, 2.05) is 0 Å². The van der Waals surface area contributed by atoms with Gasteiger partial charge in [-0.2, -0.15) is 0 Å². The van der Waals surface area contributed by atoms with Crippen LogP contribution in [0.25, 0.3) is 11.0 Å². The van der Waals surface area contributed by atoms with Gasteiger partial charge in [-0.15, -0.1) is 0 Å². The molecule has 2 aromatic carbocycles. The summed E-state index contributed by atoms with van der Waals surface area (Å²) in [5.41, 5.74) is 5.36. The standard InChI is InChI=1S/C28H39N3O.C4H4O4/c1-6-32-20-21(2)31-26-10-8-7-9-25(26)29-27(31)23-15-17-30(18-16-23)19-22-11-13-24(14-12-22)28(3,4)5;5-3(6)1-2-4(7)8/h7-14,21,23H,6,15-20H2,1-5H3;1-2H,(H,5,6)(H,7,8)/b;2-1+. The van der Waals surface area contributed by atoms with E-state index < -0.39 is 11.9 Å². The van der Waals surface area contributed by atoms with Crippen molar-refractivity contribution < 1.29 is 24.5 Å². The van der Waals surface area contributed by atoms with Crippen LogP contribution in [0.15, 0.2) is 60.7 Å². The fourth-order valence-corrected chi connectivity index (χ4v) is 5.04. The van der Waals surface area contributed by atoms with E-state index in [4.69, 9.17) is 19.9 Å². The molecule has 0 bridgehead atoms. The lowest BCUT2D eigenvalue weighted by Gasteiger charge is -2.32. The van der Waals surface area contributed by atoms with E-state index in [1.54, 1.807) is 0 Å². The van der Waals surface area contributed by atoms with E-state index in [1.165, 1.54) is 22.5 Å². The maximum absolute atomic E-state index is 9.55. The van der Waals surface area contributed by atoms with Gasteiger partial charge in [-0.05, 0) is 68.5 Å². The van der Waals surface area contributed by atoms with E-state index in [0.29, 0.717) is 18.1 Å². The molecule has 1 aliphatic rings. The first-order chi connectivity index (χ1) is 19.0. The van der Waals surface area contributed by atoms with E-state index in [-0.39, 0.29) is 11.5 Å². The summed E-state index contributed by atoms with van der Waals surface area (Å²) in [5, 5.41) is 15.6. The van der Waals surface area contributed by atoms with Crippen LogP contribution in [0, 0.1) is 0 Å². The number of likely N-dealkylation sites (tertiary alicyclic amines) is 1. The molecule has 0 aliphatic carbocycles. The number of aromatic nitrogens is 2. The van der Waals surface area contributed by atoms with Gasteiger partial charge in [0.1, 0.15) is 5.82 Å². The number of nitrogens with zero attached hydrogens (tertiary/aromatic N) is 3. The second-order valence-electron chi connectivity index (χ2n) is 11.3. The molecule has 1 unspecified atom stereocenters. The Kier molecular flexibility index (Phi) is 11.0. The molecule has 2 heterocycles. The molecule has 0 saturated carbocycles. The Balaban J connectivity index is 0.000000482. The Morgan fingerprint density at radius 2 is 1.62 bits per heavy atom. The minimum absolute atomic E-state index is 0.210. The SMILES string of the molecule is CCOCC(C)n1c(C2CCN(Cc3ccc(C(C)(C)C)cc3)CC2)nc2ccccc21.O=C(O)/C=C/C(=O)O. The molecular formula is C32H43N3O5. The number of hydrogen-bond acceptors (Lipinski definition) is 5. The van der Waals surface area contributed by atoms with E-state index in [9.17, 15) is 9.59 Å². The van der Waals surface area contributed by atoms with Crippen molar-refractivity contribution >= 4 is 23.0 Å². The number of rotatable bonds is 9. The molecule has 1 aromatic heterocycles. The molecule has 1 saturated heterocycles. The van der Waals surface area contributed by atoms with Crippen LogP contribution in [0.2, 0.25) is 0 Å². The zero-order chi connectivity index (χ0) is 29.3. The minimum Gasteiger partial charge on any atom is -0.478 e. The Labute approximate surface area is 237 Å². The van der Waals surface area contributed by atoms with Gasteiger partial charge in [0.05, 0.1) is 23.7 Å². The first-order valence-electron chi connectivity index (χ1n) is 14.0. The number of para-hydroxylation sites is 2. The van der Waals surface area contributed by atoms with Crippen LogP contribution in [0.4, 0.5) is 0 Å². The van der Waals surface area contributed by atoms with Gasteiger partial charge in [0, 0.05) is 31.2 Å². The van der Waals surface area contributed by atoms with Crippen LogP contribution in [0.5, 0.6) is 0 Å². The van der Waals surface area contributed by atoms with Crippen LogP contribution >= 0.6 is 0 Å². The predicted molar refractivity (Wildman–Crippen MR) is 158 cm³/mol. The zero-order valence-electron chi connectivity index (χ0n) is 24.3. The lowest BCUT2D eigenvalue weighted by molar-refractivity contribution is -0.134. The van der Waals surface area contributed by atoms with Gasteiger partial charge in [-0.25, -0.2) is 14.6 Å². The molecule has 216 valence electrons. The largest absolute Gasteiger partial charge is 0.478 e. The maximum atomic E-state index is 9.55. The third-order valence-electron chi connectivity index (χ3n) is 7.17. The van der Waals surface area contributed by atoms with Crippen molar-refractivity contribution in [3.8, 4) is 0 Å². The third kappa shape index (κ3) is 8.76. The molecule has 8 nitrogen and oxygen atoms in total. The number of carbonyl (C=O) groups is 2. The van der Waals surface area contributed by atoms with E-state index >= 15 is 0 Å². The molecule has 2 N–H and O–H groups in total. The first-order valence-corrected chi connectivity index (χ1v) is 14.0. The highest BCUT2D eigenvalue weighted by Gasteiger charge is 2.27. The Bertz CT molecular complexity index is 1270. The minimum atomic E-state index is -1.26. The number of carboxylic acids is 2. The van der Waals surface area contributed by atoms with Crippen LogP contribution in [-0.2, 0) is 26.3 Å². The summed E-state index contributed by atoms with van der Waals surface area (Å²) in [5.74, 6) is -0.765. The normalized spacial score (nSPS) is 15.6. The average Bonchev–Trinajstić information content (AvgIpc) is 3.31. The van der Waals surface area contributed by atoms with Gasteiger partial charge in [-0.1, -0.05) is 57.2 Å². The molecule has 1 aliphatic heterocycles. The van der Waals surface area contributed by atoms with Crippen molar-refractivity contribution in [1.29, 1.82) is 0 Å². The van der Waals surface area contributed by atoms with Gasteiger partial charge < -0.3 is 19.5 Å². The van der Waals surface area contributed by atoms with Crippen molar-refractivity contribution in [3.05, 3.63) is 77.6 Å². The number of ether oxygens (including phenoxy) is 1. The molecular weight excluding hydrogens is 506 g/mol. The van der Waals surface area contributed by atoms with Gasteiger partial charge >= 0.3 is 11.9 Å². The molecule has 4 rings (SSSR count). The molecule has 8 heteroatoms. The molecule has 0 radical (unpaired) electrons. The number of piperidine rings is 1. The predicted octanol–water partition coefficient (Wildman–Crippen LogP) is 6.02. The number of fused-ring (bicyclic) bond motifs is 1. The number of hydrogen-bond donors (Lipinski definition) is 2. The quantitative estimate of drug-likeness (QED) is 0.314. The molecule has 1 atom stereocenters. The van der Waals surface area contributed by atoms with E-state index in [0.717, 1.165) is 51.2 Å². The maximum Gasteiger partial charge on any atom is 0.328 e. The summed E-state index contributed by atoms with van der Waals surface area (Å²) in [6, 6.07) is 18.0. The van der Waals surface area contributed by atoms with Gasteiger partial charge in [-0.3, -0.25) is 4.90 Å². The summed E-state index contributed by atoms with van der Waals surface area (Å²) < 4.78 is 8.21. The third-order valence-corrected chi connectivity index (χ3v) is 7.17. The fourth-order valence-electron chi connectivity index (χ4n) is 5.04. The van der Waals surface area contributed by atoms with Gasteiger partial charge in [0.2, 0.25) is 0 Å². The molecule has 0 amide bonds. The lowest BCUT2D eigenvalue weighted by Crippen LogP contribution is -2.33. The molecule has 0 spiro atoms. The highest BCUT2D eigenvalue weighted by atomic mass is 16.5. The van der Waals surface area contributed by atoms with Crippen LogP contribution in [-0.4, -0.2) is 62.9 Å². The number of benzene rings is 2. The van der Waals surface area contributed by atoms with Crippen LogP contribution < -0.4 is 0 Å². The second kappa shape index (κ2) is 14.2. The summed E-state index contributed by atoms with van der Waals surface area (Å²) in [6.07, 6.45) is 3.43. The lowest BCUT2D eigenvalue weighted by atomic mass is 9.86. The van der Waals surface area contributed by atoms with Crippen LogP contribution in [0.3, 0.4) is 0 Å². The van der Waals surface area contributed by atoms with Gasteiger partial charge in [0.25, 0.3) is 0 Å². The number of imidazole rings is 1. The fraction of sp³-hybridized carbons (Fsp3) is 0.469.